The molecule has 0 radical (unpaired) electrons. The molecule has 1 aromatic heterocycles. The Hall–Kier alpha value is -2.90. The van der Waals surface area contributed by atoms with Crippen molar-refractivity contribution in [3.05, 3.63) is 36.3 Å². The molecule has 0 atom stereocenters. The van der Waals surface area contributed by atoms with Crippen molar-refractivity contribution < 1.29 is 23.4 Å². The molecular formula is C14H14FN3O4. The maximum Gasteiger partial charge on any atom is 0.319 e. The van der Waals surface area contributed by atoms with E-state index < -0.39 is 5.91 Å². The van der Waals surface area contributed by atoms with Gasteiger partial charge in [0.1, 0.15) is 17.3 Å². The zero-order chi connectivity index (χ0) is 15.9. The minimum atomic E-state index is -0.434. The third kappa shape index (κ3) is 4.05. The summed E-state index contributed by atoms with van der Waals surface area (Å²) in [7, 11) is 2.83. The fourth-order valence-corrected chi connectivity index (χ4v) is 1.56. The van der Waals surface area contributed by atoms with Crippen LogP contribution in [0.2, 0.25) is 0 Å². The highest BCUT2D eigenvalue weighted by molar-refractivity contribution is 5.92. The van der Waals surface area contributed by atoms with Crippen LogP contribution in [0.25, 0.3) is 0 Å². The highest BCUT2D eigenvalue weighted by atomic mass is 19.1. The van der Waals surface area contributed by atoms with E-state index in [1.165, 1.54) is 44.7 Å². The molecule has 0 unspecified atom stereocenters. The van der Waals surface area contributed by atoms with Crippen LogP contribution in [-0.4, -0.2) is 36.7 Å². The van der Waals surface area contributed by atoms with Crippen molar-refractivity contribution in [2.45, 2.75) is 0 Å². The van der Waals surface area contributed by atoms with Gasteiger partial charge >= 0.3 is 6.01 Å². The summed E-state index contributed by atoms with van der Waals surface area (Å²) in [6.07, 6.45) is 1.36. The third-order valence-electron chi connectivity index (χ3n) is 2.57. The molecule has 7 nitrogen and oxygen atoms in total. The summed E-state index contributed by atoms with van der Waals surface area (Å²) in [5.74, 6) is -0.259. The fraction of sp³-hybridized carbons (Fsp3) is 0.214. The number of nitrogens with one attached hydrogen (secondary N) is 1. The molecule has 116 valence electrons. The third-order valence-corrected chi connectivity index (χ3v) is 2.57. The minimum Gasteiger partial charge on any atom is -0.484 e. The van der Waals surface area contributed by atoms with Crippen molar-refractivity contribution in [3.63, 3.8) is 0 Å². The Balaban J connectivity index is 1.95. The van der Waals surface area contributed by atoms with Crippen LogP contribution in [0.1, 0.15) is 0 Å². The summed E-state index contributed by atoms with van der Waals surface area (Å²) in [6, 6.07) is 5.47. The van der Waals surface area contributed by atoms with E-state index in [0.717, 1.165) is 0 Å². The lowest BCUT2D eigenvalue weighted by atomic mass is 10.3. The molecule has 2 rings (SSSR count). The Labute approximate surface area is 126 Å². The van der Waals surface area contributed by atoms with E-state index in [9.17, 15) is 9.18 Å². The first-order valence-corrected chi connectivity index (χ1v) is 6.25. The molecule has 0 bridgehead atoms. The van der Waals surface area contributed by atoms with Gasteiger partial charge in [-0.15, -0.1) is 0 Å². The van der Waals surface area contributed by atoms with E-state index in [-0.39, 0.29) is 30.0 Å². The average molecular weight is 307 g/mol. The molecular weight excluding hydrogens is 293 g/mol. The van der Waals surface area contributed by atoms with Crippen molar-refractivity contribution in [2.24, 2.45) is 0 Å². The molecule has 0 aliphatic carbocycles. The molecule has 1 amide bonds. The number of hydrogen-bond acceptors (Lipinski definition) is 6. The number of benzene rings is 1. The van der Waals surface area contributed by atoms with Gasteiger partial charge in [0, 0.05) is 0 Å². The number of carbonyl (C=O) groups excluding carboxylic acids is 1. The number of halogens is 1. The zero-order valence-corrected chi connectivity index (χ0v) is 12.0. The van der Waals surface area contributed by atoms with Gasteiger partial charge in [-0.25, -0.2) is 9.37 Å². The Kier molecular flexibility index (Phi) is 5.07. The monoisotopic (exact) mass is 307 g/mol. The molecule has 0 aliphatic rings. The van der Waals surface area contributed by atoms with Crippen LogP contribution in [0.5, 0.6) is 17.6 Å². The van der Waals surface area contributed by atoms with E-state index in [4.69, 9.17) is 14.2 Å². The van der Waals surface area contributed by atoms with E-state index in [1.807, 2.05) is 0 Å². The standard InChI is InChI=1S/C14H14FN3O4/c1-20-13-11(7-16-14(18-13)21-2)17-12(19)8-22-10-5-3-9(15)4-6-10/h3-7H,8H2,1-2H3,(H,17,19). The van der Waals surface area contributed by atoms with Crippen molar-refractivity contribution in [3.8, 4) is 17.6 Å². The summed E-state index contributed by atoms with van der Waals surface area (Å²) in [5, 5.41) is 2.55. The second-order valence-electron chi connectivity index (χ2n) is 4.07. The second kappa shape index (κ2) is 7.21. The maximum absolute atomic E-state index is 12.7. The molecule has 1 heterocycles. The highest BCUT2D eigenvalue weighted by Gasteiger charge is 2.12. The topological polar surface area (TPSA) is 82.6 Å². The summed E-state index contributed by atoms with van der Waals surface area (Å²) in [4.78, 5) is 19.6. The van der Waals surface area contributed by atoms with Gasteiger partial charge in [0.25, 0.3) is 5.91 Å². The summed E-state index contributed by atoms with van der Waals surface area (Å²) in [5.41, 5.74) is 0.288. The highest BCUT2D eigenvalue weighted by Crippen LogP contribution is 2.22. The average Bonchev–Trinajstić information content (AvgIpc) is 2.54. The number of carbonyl (C=O) groups is 1. The smallest absolute Gasteiger partial charge is 0.319 e. The first-order valence-electron chi connectivity index (χ1n) is 6.25. The minimum absolute atomic E-state index is 0.123. The van der Waals surface area contributed by atoms with E-state index >= 15 is 0 Å². The van der Waals surface area contributed by atoms with Gasteiger partial charge in [-0.1, -0.05) is 0 Å². The van der Waals surface area contributed by atoms with Crippen LogP contribution in [0, 0.1) is 5.82 Å². The van der Waals surface area contributed by atoms with Crippen LogP contribution >= 0.6 is 0 Å². The largest absolute Gasteiger partial charge is 0.484 e. The summed E-state index contributed by atoms with van der Waals surface area (Å²) < 4.78 is 27.9. The van der Waals surface area contributed by atoms with Crippen LogP contribution in [0.4, 0.5) is 10.1 Å². The van der Waals surface area contributed by atoms with Crippen molar-refractivity contribution in [1.29, 1.82) is 0 Å². The summed E-state index contributed by atoms with van der Waals surface area (Å²) >= 11 is 0. The number of anilines is 1. The van der Waals surface area contributed by atoms with Gasteiger partial charge in [-0.05, 0) is 24.3 Å². The zero-order valence-electron chi connectivity index (χ0n) is 12.0. The molecule has 1 N–H and O–H groups in total. The van der Waals surface area contributed by atoms with E-state index in [1.54, 1.807) is 0 Å². The number of amides is 1. The van der Waals surface area contributed by atoms with Gasteiger partial charge in [-0.3, -0.25) is 4.79 Å². The van der Waals surface area contributed by atoms with Crippen molar-refractivity contribution in [2.75, 3.05) is 26.1 Å². The summed E-state index contributed by atoms with van der Waals surface area (Å²) in [6.45, 7) is -0.249. The Morgan fingerprint density at radius 1 is 1.23 bits per heavy atom. The molecule has 0 saturated heterocycles. The number of methoxy groups -OCH3 is 2. The van der Waals surface area contributed by atoms with Gasteiger partial charge < -0.3 is 19.5 Å². The molecule has 0 aliphatic heterocycles. The molecule has 0 spiro atoms. The second-order valence-corrected chi connectivity index (χ2v) is 4.07. The number of hydrogen-bond donors (Lipinski definition) is 1. The van der Waals surface area contributed by atoms with Crippen molar-refractivity contribution >= 4 is 11.6 Å². The lowest BCUT2D eigenvalue weighted by molar-refractivity contribution is -0.118. The Morgan fingerprint density at radius 3 is 2.59 bits per heavy atom. The number of aromatic nitrogens is 2. The van der Waals surface area contributed by atoms with Gasteiger partial charge in [0.2, 0.25) is 5.88 Å². The predicted octanol–water partition coefficient (Wildman–Crippen LogP) is 1.65. The molecule has 22 heavy (non-hydrogen) atoms. The first-order chi connectivity index (χ1) is 10.6. The van der Waals surface area contributed by atoms with Crippen LogP contribution in [-0.2, 0) is 4.79 Å². The van der Waals surface area contributed by atoms with E-state index in [0.29, 0.717) is 5.75 Å². The number of ether oxygens (including phenoxy) is 3. The van der Waals surface area contributed by atoms with Gasteiger partial charge in [0.15, 0.2) is 6.61 Å². The normalized spacial score (nSPS) is 9.95. The molecule has 1 aromatic carbocycles. The SMILES string of the molecule is COc1ncc(NC(=O)COc2ccc(F)cc2)c(OC)n1. The van der Waals surface area contributed by atoms with E-state index in [2.05, 4.69) is 15.3 Å². The Morgan fingerprint density at radius 2 is 1.95 bits per heavy atom. The van der Waals surface area contributed by atoms with Crippen LogP contribution in [0.15, 0.2) is 30.5 Å². The predicted molar refractivity (Wildman–Crippen MR) is 75.7 cm³/mol. The number of nitrogens with zero attached hydrogens (tertiary/aromatic N) is 2. The lowest BCUT2D eigenvalue weighted by Crippen LogP contribution is -2.21. The lowest BCUT2D eigenvalue weighted by Gasteiger charge is -2.10. The van der Waals surface area contributed by atoms with Crippen LogP contribution < -0.4 is 19.5 Å². The molecule has 8 heteroatoms. The van der Waals surface area contributed by atoms with Gasteiger partial charge in [-0.2, -0.15) is 4.98 Å². The fourth-order valence-electron chi connectivity index (χ4n) is 1.56. The van der Waals surface area contributed by atoms with Gasteiger partial charge in [0.05, 0.1) is 20.4 Å². The number of rotatable bonds is 6. The van der Waals surface area contributed by atoms with Crippen LogP contribution in [0.3, 0.4) is 0 Å². The first kappa shape index (κ1) is 15.5. The molecule has 0 saturated carbocycles. The Bertz CT molecular complexity index is 649. The molecule has 2 aromatic rings. The molecule has 0 fully saturated rings. The maximum atomic E-state index is 12.7. The quantitative estimate of drug-likeness (QED) is 0.874. The van der Waals surface area contributed by atoms with Crippen molar-refractivity contribution in [1.82, 2.24) is 9.97 Å².